The topological polar surface area (TPSA) is 29.3 Å². The molecule has 2 nitrogen and oxygen atoms in total. The maximum absolute atomic E-state index is 5.97. The van der Waals surface area contributed by atoms with Gasteiger partial charge in [0.1, 0.15) is 0 Å². The summed E-state index contributed by atoms with van der Waals surface area (Å²) in [5.41, 5.74) is 8.04. The molecule has 0 spiro atoms. The highest BCUT2D eigenvalue weighted by Crippen LogP contribution is 2.23. The van der Waals surface area contributed by atoms with Gasteiger partial charge in [-0.05, 0) is 32.1 Å². The van der Waals surface area contributed by atoms with Crippen LogP contribution in [0.3, 0.4) is 0 Å². The predicted octanol–water partition coefficient (Wildman–Crippen LogP) is 3.65. The van der Waals surface area contributed by atoms with Crippen LogP contribution in [0.2, 0.25) is 0 Å². The van der Waals surface area contributed by atoms with E-state index in [9.17, 15) is 0 Å². The van der Waals surface area contributed by atoms with Crippen LogP contribution in [0.5, 0.6) is 0 Å². The number of anilines is 1. The van der Waals surface area contributed by atoms with Gasteiger partial charge in [-0.1, -0.05) is 41.8 Å². The van der Waals surface area contributed by atoms with Gasteiger partial charge < -0.3 is 10.6 Å². The van der Waals surface area contributed by atoms with Crippen molar-refractivity contribution in [1.29, 1.82) is 0 Å². The van der Waals surface area contributed by atoms with Gasteiger partial charge in [0.05, 0.1) is 0 Å². The summed E-state index contributed by atoms with van der Waals surface area (Å²) in [5, 5.41) is 0. The Kier molecular flexibility index (Phi) is 5.85. The van der Waals surface area contributed by atoms with Crippen LogP contribution in [-0.4, -0.2) is 18.5 Å². The first-order valence-electron chi connectivity index (χ1n) is 5.86. The molecule has 16 heavy (non-hydrogen) atoms. The number of halogens is 1. The molecule has 0 aromatic heterocycles. The molecule has 0 unspecified atom stereocenters. The van der Waals surface area contributed by atoms with E-state index in [1.807, 2.05) is 18.2 Å². The minimum atomic E-state index is 0.872. The Morgan fingerprint density at radius 2 is 2.06 bits per heavy atom. The lowest BCUT2D eigenvalue weighted by Crippen LogP contribution is -2.20. The first kappa shape index (κ1) is 13.5. The Labute approximate surface area is 107 Å². The van der Waals surface area contributed by atoms with Gasteiger partial charge in [-0.2, -0.15) is 0 Å². The molecule has 0 aliphatic rings. The van der Waals surface area contributed by atoms with Crippen LogP contribution in [0, 0.1) is 0 Å². The first-order valence-corrected chi connectivity index (χ1v) is 6.66. The summed E-state index contributed by atoms with van der Waals surface area (Å²) in [5.74, 6) is 0. The fourth-order valence-electron chi connectivity index (χ4n) is 1.72. The summed E-state index contributed by atoms with van der Waals surface area (Å²) in [6.07, 6.45) is 3.83. The fourth-order valence-corrected chi connectivity index (χ4v) is 2.23. The maximum atomic E-state index is 5.97. The second-order valence-corrected chi connectivity index (χ2v) is 5.11. The summed E-state index contributed by atoms with van der Waals surface area (Å²) in [4.78, 5) is 2.33. The van der Waals surface area contributed by atoms with E-state index in [1.54, 1.807) is 0 Å². The van der Waals surface area contributed by atoms with Crippen LogP contribution in [0.15, 0.2) is 22.7 Å². The van der Waals surface area contributed by atoms with Gasteiger partial charge in [-0.25, -0.2) is 0 Å². The molecule has 0 saturated carbocycles. The van der Waals surface area contributed by atoms with E-state index >= 15 is 0 Å². The van der Waals surface area contributed by atoms with Gasteiger partial charge >= 0.3 is 0 Å². The van der Waals surface area contributed by atoms with Gasteiger partial charge in [0.15, 0.2) is 0 Å². The Morgan fingerprint density at radius 1 is 1.31 bits per heavy atom. The van der Waals surface area contributed by atoms with Crippen molar-refractivity contribution in [2.45, 2.75) is 32.7 Å². The highest BCUT2D eigenvalue weighted by Gasteiger charge is 2.06. The predicted molar refractivity (Wildman–Crippen MR) is 74.4 cm³/mol. The molecule has 0 atom stereocenters. The van der Waals surface area contributed by atoms with Crippen LogP contribution in [0.25, 0.3) is 0 Å². The monoisotopic (exact) mass is 284 g/mol. The van der Waals surface area contributed by atoms with Crippen molar-refractivity contribution in [3.63, 3.8) is 0 Å². The number of benzene rings is 1. The molecule has 0 aliphatic heterocycles. The normalized spacial score (nSPS) is 11.0. The summed E-state index contributed by atoms with van der Waals surface area (Å²) in [7, 11) is 2.15. The zero-order valence-electron chi connectivity index (χ0n) is 10.2. The van der Waals surface area contributed by atoms with Crippen molar-refractivity contribution in [2.75, 3.05) is 19.3 Å². The highest BCUT2D eigenvalue weighted by atomic mass is 79.9. The molecule has 90 valence electrons. The SMILES string of the molecule is CCCCCN(C)Cc1c(N)cccc1Br. The first-order chi connectivity index (χ1) is 7.65. The van der Waals surface area contributed by atoms with Crippen LogP contribution in [-0.2, 0) is 6.54 Å². The lowest BCUT2D eigenvalue weighted by Gasteiger charge is -2.18. The van der Waals surface area contributed by atoms with E-state index in [-0.39, 0.29) is 0 Å². The minimum Gasteiger partial charge on any atom is -0.398 e. The number of hydrogen-bond acceptors (Lipinski definition) is 2. The number of rotatable bonds is 6. The van der Waals surface area contributed by atoms with Crippen LogP contribution in [0.1, 0.15) is 31.7 Å². The zero-order valence-corrected chi connectivity index (χ0v) is 11.8. The Balaban J connectivity index is 2.52. The average molecular weight is 285 g/mol. The number of unbranched alkanes of at least 4 members (excludes halogenated alkanes) is 2. The Bertz CT molecular complexity index is 305. The molecule has 0 fully saturated rings. The van der Waals surface area contributed by atoms with E-state index in [2.05, 4.69) is 34.8 Å². The van der Waals surface area contributed by atoms with Crippen LogP contribution < -0.4 is 5.73 Å². The second-order valence-electron chi connectivity index (χ2n) is 4.25. The van der Waals surface area contributed by atoms with Crippen molar-refractivity contribution in [2.24, 2.45) is 0 Å². The summed E-state index contributed by atoms with van der Waals surface area (Å²) in [6, 6.07) is 5.98. The molecule has 1 aromatic carbocycles. The maximum Gasteiger partial charge on any atom is 0.0371 e. The largest absolute Gasteiger partial charge is 0.398 e. The van der Waals surface area contributed by atoms with E-state index in [0.717, 1.165) is 23.2 Å². The van der Waals surface area contributed by atoms with Gasteiger partial charge in [0.25, 0.3) is 0 Å². The molecule has 0 amide bonds. The molecule has 1 aromatic rings. The van der Waals surface area contributed by atoms with Crippen molar-refractivity contribution in [3.05, 3.63) is 28.2 Å². The lowest BCUT2D eigenvalue weighted by atomic mass is 10.1. The smallest absolute Gasteiger partial charge is 0.0371 e. The molecule has 2 N–H and O–H groups in total. The summed E-state index contributed by atoms with van der Waals surface area (Å²) in [6.45, 7) is 4.28. The standard InChI is InChI=1S/C13H21BrN2/c1-3-4-5-9-16(2)10-11-12(14)7-6-8-13(11)15/h6-8H,3-5,9-10,15H2,1-2H3. The molecular formula is C13H21BrN2. The third-order valence-corrected chi connectivity index (χ3v) is 3.47. The highest BCUT2D eigenvalue weighted by molar-refractivity contribution is 9.10. The van der Waals surface area contributed by atoms with Crippen molar-refractivity contribution < 1.29 is 0 Å². The van der Waals surface area contributed by atoms with Crippen molar-refractivity contribution in [1.82, 2.24) is 4.90 Å². The number of nitrogens with two attached hydrogens (primary N) is 1. The molecule has 1 rings (SSSR count). The Morgan fingerprint density at radius 3 is 2.69 bits per heavy atom. The third-order valence-electron chi connectivity index (χ3n) is 2.73. The molecular weight excluding hydrogens is 264 g/mol. The van der Waals surface area contributed by atoms with E-state index in [4.69, 9.17) is 5.73 Å². The zero-order chi connectivity index (χ0) is 12.0. The lowest BCUT2D eigenvalue weighted by molar-refractivity contribution is 0.318. The number of hydrogen-bond donors (Lipinski definition) is 1. The summed E-state index contributed by atoms with van der Waals surface area (Å²) >= 11 is 3.55. The molecule has 0 aliphatic carbocycles. The average Bonchev–Trinajstić information content (AvgIpc) is 2.24. The number of nitrogen functional groups attached to an aromatic ring is 1. The van der Waals surface area contributed by atoms with Gasteiger partial charge in [-0.15, -0.1) is 0 Å². The van der Waals surface area contributed by atoms with Gasteiger partial charge in [0.2, 0.25) is 0 Å². The number of nitrogens with zero attached hydrogens (tertiary/aromatic N) is 1. The molecule has 0 radical (unpaired) electrons. The summed E-state index contributed by atoms with van der Waals surface area (Å²) < 4.78 is 1.11. The molecule has 0 bridgehead atoms. The molecule has 3 heteroatoms. The molecule has 0 saturated heterocycles. The fraction of sp³-hybridized carbons (Fsp3) is 0.538. The second kappa shape index (κ2) is 6.92. The van der Waals surface area contributed by atoms with Crippen LogP contribution >= 0.6 is 15.9 Å². The van der Waals surface area contributed by atoms with Crippen molar-refractivity contribution >= 4 is 21.6 Å². The minimum absolute atomic E-state index is 0.872. The van der Waals surface area contributed by atoms with Crippen molar-refractivity contribution in [3.8, 4) is 0 Å². The van der Waals surface area contributed by atoms with E-state index in [0.29, 0.717) is 0 Å². The van der Waals surface area contributed by atoms with Crippen LogP contribution in [0.4, 0.5) is 5.69 Å². The van der Waals surface area contributed by atoms with E-state index < -0.39 is 0 Å². The Hall–Kier alpha value is -0.540. The van der Waals surface area contributed by atoms with E-state index in [1.165, 1.54) is 24.8 Å². The quantitative estimate of drug-likeness (QED) is 0.638. The van der Waals surface area contributed by atoms with Gasteiger partial charge in [0, 0.05) is 22.3 Å². The molecule has 0 heterocycles. The third kappa shape index (κ3) is 4.14. The van der Waals surface area contributed by atoms with Gasteiger partial charge in [-0.3, -0.25) is 0 Å².